The number of aryl methyl sites for hydroxylation is 1. The minimum absolute atomic E-state index is 0.0250. The van der Waals surface area contributed by atoms with Crippen LogP contribution in [0.1, 0.15) is 35.9 Å². The van der Waals surface area contributed by atoms with Crippen LogP contribution in [0.25, 0.3) is 6.08 Å². The van der Waals surface area contributed by atoms with Crippen LogP contribution in [-0.4, -0.2) is 17.6 Å². The van der Waals surface area contributed by atoms with Gasteiger partial charge in [0.2, 0.25) is 0 Å². The zero-order chi connectivity index (χ0) is 26.5. The first-order valence-corrected chi connectivity index (χ1v) is 11.2. The molecular weight excluding hydrogens is 471 g/mol. The van der Waals surface area contributed by atoms with Gasteiger partial charge in [-0.2, -0.15) is 18.4 Å². The molecule has 36 heavy (non-hydrogen) atoms. The molecule has 0 aliphatic rings. The summed E-state index contributed by atoms with van der Waals surface area (Å²) in [4.78, 5) is 13.0. The number of amides is 1. The lowest BCUT2D eigenvalue weighted by atomic mass is 10.1. The third kappa shape index (κ3) is 6.08. The normalized spacial score (nSPS) is 11.7. The molecule has 0 aliphatic heterocycles. The summed E-state index contributed by atoms with van der Waals surface area (Å²) < 4.78 is 53.1. The molecule has 0 saturated carbocycles. The SMILES string of the molecule is CCCn1c(C)cc(/C=C(\C#N)C(=O)Nc2cc(C(F)(F)F)ccc2Oc2cccc(OC)c2)c1C. The Balaban J connectivity index is 1.97. The summed E-state index contributed by atoms with van der Waals surface area (Å²) in [6.45, 7) is 6.64. The second-order valence-corrected chi connectivity index (χ2v) is 8.09. The lowest BCUT2D eigenvalue weighted by Crippen LogP contribution is -2.15. The highest BCUT2D eigenvalue weighted by molar-refractivity contribution is 6.10. The zero-order valence-electron chi connectivity index (χ0n) is 20.4. The first kappa shape index (κ1) is 26.4. The van der Waals surface area contributed by atoms with Crippen LogP contribution < -0.4 is 14.8 Å². The lowest BCUT2D eigenvalue weighted by Gasteiger charge is -2.15. The van der Waals surface area contributed by atoms with Crippen LogP contribution in [0.15, 0.2) is 54.1 Å². The third-order valence-corrected chi connectivity index (χ3v) is 5.55. The Hall–Kier alpha value is -4.19. The Labute approximate surface area is 207 Å². The molecule has 1 N–H and O–H groups in total. The second-order valence-electron chi connectivity index (χ2n) is 8.09. The van der Waals surface area contributed by atoms with Gasteiger partial charge in [-0.05, 0) is 68.3 Å². The fourth-order valence-corrected chi connectivity index (χ4v) is 3.72. The smallest absolute Gasteiger partial charge is 0.416 e. The highest BCUT2D eigenvalue weighted by Crippen LogP contribution is 2.37. The lowest BCUT2D eigenvalue weighted by molar-refractivity contribution is -0.137. The van der Waals surface area contributed by atoms with Crippen molar-refractivity contribution in [1.82, 2.24) is 4.57 Å². The number of nitrogens with one attached hydrogen (secondary N) is 1. The molecule has 0 fully saturated rings. The number of halogens is 3. The topological polar surface area (TPSA) is 76.3 Å². The van der Waals surface area contributed by atoms with Gasteiger partial charge >= 0.3 is 6.18 Å². The molecule has 0 aliphatic carbocycles. The molecule has 0 saturated heterocycles. The predicted molar refractivity (Wildman–Crippen MR) is 131 cm³/mol. The van der Waals surface area contributed by atoms with Crippen molar-refractivity contribution in [2.75, 3.05) is 12.4 Å². The van der Waals surface area contributed by atoms with E-state index >= 15 is 0 Å². The average Bonchev–Trinajstić information content (AvgIpc) is 3.10. The molecule has 188 valence electrons. The zero-order valence-corrected chi connectivity index (χ0v) is 20.4. The standard InChI is InChI=1S/C27H26F3N3O3/c1-5-11-33-17(2)12-19(18(33)3)13-20(16-31)26(34)32-24-14-21(27(28,29)30)9-10-25(24)36-23-8-6-7-22(15-23)35-4/h6-10,12-15H,5,11H2,1-4H3,(H,32,34)/b20-13+. The molecule has 0 radical (unpaired) electrons. The van der Waals surface area contributed by atoms with Crippen molar-refractivity contribution < 1.29 is 27.4 Å². The third-order valence-electron chi connectivity index (χ3n) is 5.55. The van der Waals surface area contributed by atoms with Crippen molar-refractivity contribution in [1.29, 1.82) is 5.26 Å². The van der Waals surface area contributed by atoms with Gasteiger partial charge in [0.15, 0.2) is 5.75 Å². The molecule has 1 aromatic heterocycles. The summed E-state index contributed by atoms with van der Waals surface area (Å²) in [5.41, 5.74) is 1.10. The number of methoxy groups -OCH3 is 1. The average molecular weight is 498 g/mol. The van der Waals surface area contributed by atoms with Gasteiger partial charge in [0.1, 0.15) is 23.1 Å². The quantitative estimate of drug-likeness (QED) is 0.272. The maximum absolute atomic E-state index is 13.4. The maximum Gasteiger partial charge on any atom is 0.416 e. The maximum atomic E-state index is 13.4. The van der Waals surface area contributed by atoms with E-state index in [2.05, 4.69) is 9.88 Å². The summed E-state index contributed by atoms with van der Waals surface area (Å²) in [5.74, 6) is -0.0972. The number of hydrogen-bond donors (Lipinski definition) is 1. The Morgan fingerprint density at radius 2 is 1.86 bits per heavy atom. The Bertz CT molecular complexity index is 1330. The number of aromatic nitrogens is 1. The van der Waals surface area contributed by atoms with E-state index in [1.807, 2.05) is 32.9 Å². The Morgan fingerprint density at radius 3 is 2.50 bits per heavy atom. The van der Waals surface area contributed by atoms with Gasteiger partial charge in [-0.25, -0.2) is 0 Å². The molecule has 0 bridgehead atoms. The summed E-state index contributed by atoms with van der Waals surface area (Å²) in [6, 6.07) is 12.9. The minimum Gasteiger partial charge on any atom is -0.497 e. The van der Waals surface area contributed by atoms with Crippen LogP contribution in [0.5, 0.6) is 17.2 Å². The summed E-state index contributed by atoms with van der Waals surface area (Å²) >= 11 is 0. The van der Waals surface area contributed by atoms with Crippen LogP contribution in [0, 0.1) is 25.2 Å². The second kappa shape index (κ2) is 11.0. The van der Waals surface area contributed by atoms with E-state index in [0.29, 0.717) is 17.1 Å². The van der Waals surface area contributed by atoms with Crippen LogP contribution >= 0.6 is 0 Å². The van der Waals surface area contributed by atoms with E-state index in [1.165, 1.54) is 13.2 Å². The fraction of sp³-hybridized carbons (Fsp3) is 0.259. The van der Waals surface area contributed by atoms with E-state index < -0.39 is 17.6 Å². The molecular formula is C27H26F3N3O3. The van der Waals surface area contributed by atoms with Gasteiger partial charge in [-0.1, -0.05) is 13.0 Å². The molecule has 3 aromatic rings. The van der Waals surface area contributed by atoms with Crippen molar-refractivity contribution in [2.24, 2.45) is 0 Å². The van der Waals surface area contributed by atoms with Crippen molar-refractivity contribution in [3.05, 3.63) is 76.6 Å². The Kier molecular flexibility index (Phi) is 8.10. The number of hydrogen-bond acceptors (Lipinski definition) is 4. The molecule has 0 spiro atoms. The van der Waals surface area contributed by atoms with Crippen molar-refractivity contribution in [3.8, 4) is 23.3 Å². The number of carbonyl (C=O) groups is 1. The molecule has 0 unspecified atom stereocenters. The summed E-state index contributed by atoms with van der Waals surface area (Å²) in [5, 5.41) is 12.1. The molecule has 1 amide bonds. The Morgan fingerprint density at radius 1 is 1.14 bits per heavy atom. The number of benzene rings is 2. The number of nitriles is 1. The van der Waals surface area contributed by atoms with Gasteiger partial charge in [0.25, 0.3) is 5.91 Å². The minimum atomic E-state index is -4.64. The first-order chi connectivity index (χ1) is 17.1. The largest absolute Gasteiger partial charge is 0.497 e. The monoisotopic (exact) mass is 497 g/mol. The molecule has 2 aromatic carbocycles. The van der Waals surface area contributed by atoms with Crippen molar-refractivity contribution in [2.45, 2.75) is 39.9 Å². The van der Waals surface area contributed by atoms with Gasteiger partial charge in [0, 0.05) is 24.0 Å². The van der Waals surface area contributed by atoms with Crippen molar-refractivity contribution >= 4 is 17.7 Å². The molecule has 1 heterocycles. The number of alkyl halides is 3. The summed E-state index contributed by atoms with van der Waals surface area (Å²) in [7, 11) is 1.47. The van der Waals surface area contributed by atoms with Crippen molar-refractivity contribution in [3.63, 3.8) is 0 Å². The van der Waals surface area contributed by atoms with Gasteiger partial charge in [-0.3, -0.25) is 4.79 Å². The van der Waals surface area contributed by atoms with E-state index in [-0.39, 0.29) is 17.0 Å². The number of carbonyl (C=O) groups excluding carboxylic acids is 1. The van der Waals surface area contributed by atoms with E-state index in [0.717, 1.165) is 42.6 Å². The van der Waals surface area contributed by atoms with E-state index in [1.54, 1.807) is 24.3 Å². The first-order valence-electron chi connectivity index (χ1n) is 11.2. The summed E-state index contributed by atoms with van der Waals surface area (Å²) in [6.07, 6.45) is -2.30. The molecule has 3 rings (SSSR count). The molecule has 9 heteroatoms. The number of ether oxygens (including phenoxy) is 2. The number of rotatable bonds is 8. The van der Waals surface area contributed by atoms with Crippen LogP contribution in [0.3, 0.4) is 0 Å². The van der Waals surface area contributed by atoms with Crippen LogP contribution in [-0.2, 0) is 17.5 Å². The molecule has 0 atom stereocenters. The fourth-order valence-electron chi connectivity index (χ4n) is 3.72. The van der Waals surface area contributed by atoms with Gasteiger partial charge in [-0.15, -0.1) is 0 Å². The number of nitrogens with zero attached hydrogens (tertiary/aromatic N) is 2. The van der Waals surface area contributed by atoms with E-state index in [9.17, 15) is 23.2 Å². The highest BCUT2D eigenvalue weighted by Gasteiger charge is 2.31. The van der Waals surface area contributed by atoms with Gasteiger partial charge in [0.05, 0.1) is 18.4 Å². The number of anilines is 1. The van der Waals surface area contributed by atoms with Gasteiger partial charge < -0.3 is 19.4 Å². The van der Waals surface area contributed by atoms with Crippen LogP contribution in [0.2, 0.25) is 0 Å². The molecule has 6 nitrogen and oxygen atoms in total. The van der Waals surface area contributed by atoms with Crippen LogP contribution in [0.4, 0.5) is 18.9 Å². The van der Waals surface area contributed by atoms with E-state index in [4.69, 9.17) is 9.47 Å². The predicted octanol–water partition coefficient (Wildman–Crippen LogP) is 6.88. The highest BCUT2D eigenvalue weighted by atomic mass is 19.4.